The number of benzene rings is 2. The summed E-state index contributed by atoms with van der Waals surface area (Å²) in [5.74, 6) is -0.333. The van der Waals surface area contributed by atoms with Crippen LogP contribution < -0.4 is 0 Å². The fraction of sp³-hybridized carbons (Fsp3) is 0.278. The Morgan fingerprint density at radius 3 is 2.36 bits per heavy atom. The number of carbonyl (C=O) groups is 1. The number of hydrogen-bond acceptors (Lipinski definition) is 5. The summed E-state index contributed by atoms with van der Waals surface area (Å²) in [6.45, 7) is 2.30. The molecule has 0 bridgehead atoms. The zero-order valence-corrected chi connectivity index (χ0v) is 17.4. The highest BCUT2D eigenvalue weighted by Gasteiger charge is 2.31. The number of nitrogens with zero attached hydrogens (tertiary/aromatic N) is 3. The van der Waals surface area contributed by atoms with Gasteiger partial charge in [0, 0.05) is 47.8 Å². The Kier molecular flexibility index (Phi) is 5.82. The topological polar surface area (TPSA) is 101 Å². The molecule has 1 aliphatic heterocycles. The van der Waals surface area contributed by atoms with E-state index < -0.39 is 14.9 Å². The maximum absolute atomic E-state index is 12.8. The second-order valence-corrected chi connectivity index (χ2v) is 9.21. The van der Waals surface area contributed by atoms with E-state index in [9.17, 15) is 23.3 Å². The van der Waals surface area contributed by atoms with Crippen LogP contribution in [0.2, 0.25) is 0 Å². The van der Waals surface area contributed by atoms with Crippen LogP contribution in [-0.4, -0.2) is 54.6 Å². The molecule has 1 heterocycles. The molecule has 1 amide bonds. The molecule has 2 aromatic rings. The minimum absolute atomic E-state index is 0.110. The Hall–Kier alpha value is -2.30. The molecule has 0 radical (unpaired) electrons. The molecule has 28 heavy (non-hydrogen) atoms. The summed E-state index contributed by atoms with van der Waals surface area (Å²) < 4.78 is 27.6. The van der Waals surface area contributed by atoms with Crippen LogP contribution in [0.3, 0.4) is 0 Å². The van der Waals surface area contributed by atoms with Crippen LogP contribution in [0.5, 0.6) is 0 Å². The molecule has 0 aromatic heterocycles. The van der Waals surface area contributed by atoms with Gasteiger partial charge >= 0.3 is 0 Å². The van der Waals surface area contributed by atoms with Crippen molar-refractivity contribution in [2.45, 2.75) is 11.8 Å². The Morgan fingerprint density at radius 1 is 1.11 bits per heavy atom. The van der Waals surface area contributed by atoms with Gasteiger partial charge in [-0.3, -0.25) is 14.9 Å². The lowest BCUT2D eigenvalue weighted by molar-refractivity contribution is -0.385. The van der Waals surface area contributed by atoms with Gasteiger partial charge in [0.25, 0.3) is 11.6 Å². The van der Waals surface area contributed by atoms with Crippen LogP contribution in [0.15, 0.2) is 51.8 Å². The highest BCUT2D eigenvalue weighted by atomic mass is 79.9. The van der Waals surface area contributed by atoms with E-state index in [4.69, 9.17) is 0 Å². The van der Waals surface area contributed by atoms with Crippen molar-refractivity contribution in [2.75, 3.05) is 26.2 Å². The lowest BCUT2D eigenvalue weighted by Gasteiger charge is -2.34. The molecule has 0 atom stereocenters. The van der Waals surface area contributed by atoms with E-state index >= 15 is 0 Å². The maximum atomic E-state index is 12.8. The van der Waals surface area contributed by atoms with Crippen LogP contribution in [0, 0.1) is 17.0 Å². The molecule has 0 saturated carbocycles. The molecule has 0 N–H and O–H groups in total. The van der Waals surface area contributed by atoms with Gasteiger partial charge in [-0.15, -0.1) is 0 Å². The largest absolute Gasteiger partial charge is 0.336 e. The van der Waals surface area contributed by atoms with Crippen LogP contribution >= 0.6 is 15.9 Å². The number of rotatable bonds is 4. The molecule has 2 aromatic carbocycles. The molecule has 8 nitrogen and oxygen atoms in total. The summed E-state index contributed by atoms with van der Waals surface area (Å²) in [5, 5.41) is 11.1. The lowest BCUT2D eigenvalue weighted by Crippen LogP contribution is -2.50. The van der Waals surface area contributed by atoms with E-state index in [2.05, 4.69) is 15.9 Å². The highest BCUT2D eigenvalue weighted by Crippen LogP contribution is 2.24. The van der Waals surface area contributed by atoms with Crippen molar-refractivity contribution in [1.82, 2.24) is 9.21 Å². The quantitative estimate of drug-likeness (QED) is 0.508. The molecule has 10 heteroatoms. The second-order valence-electron chi connectivity index (χ2n) is 6.36. The predicted molar refractivity (Wildman–Crippen MR) is 107 cm³/mol. The summed E-state index contributed by atoms with van der Waals surface area (Å²) in [6.07, 6.45) is 0. The number of sulfonamides is 1. The average molecular weight is 468 g/mol. The molecular formula is C18H18BrN3O5S. The van der Waals surface area contributed by atoms with Crippen LogP contribution in [0.25, 0.3) is 0 Å². The first-order chi connectivity index (χ1) is 13.2. The van der Waals surface area contributed by atoms with Gasteiger partial charge in [0.1, 0.15) is 0 Å². The van der Waals surface area contributed by atoms with E-state index in [1.807, 2.05) is 0 Å². The van der Waals surface area contributed by atoms with Gasteiger partial charge in [-0.05, 0) is 31.2 Å². The van der Waals surface area contributed by atoms with Crippen molar-refractivity contribution in [2.24, 2.45) is 0 Å². The van der Waals surface area contributed by atoms with Crippen LogP contribution in [-0.2, 0) is 10.0 Å². The van der Waals surface area contributed by atoms with E-state index in [1.54, 1.807) is 31.2 Å². The van der Waals surface area contributed by atoms with Gasteiger partial charge in [0.15, 0.2) is 0 Å². The smallest absolute Gasteiger partial charge is 0.273 e. The van der Waals surface area contributed by atoms with E-state index in [-0.39, 0.29) is 48.2 Å². The monoisotopic (exact) mass is 467 g/mol. The fourth-order valence-electron chi connectivity index (χ4n) is 3.13. The first kappa shape index (κ1) is 20.4. The summed E-state index contributed by atoms with van der Waals surface area (Å²) in [7, 11) is -3.65. The fourth-order valence-corrected chi connectivity index (χ4v) is 5.15. The Labute approximate surface area is 171 Å². The molecule has 0 aliphatic carbocycles. The van der Waals surface area contributed by atoms with Crippen molar-refractivity contribution in [3.63, 3.8) is 0 Å². The molecule has 0 spiro atoms. The molecule has 1 saturated heterocycles. The minimum atomic E-state index is -3.65. The first-order valence-electron chi connectivity index (χ1n) is 8.51. The Morgan fingerprint density at radius 2 is 1.75 bits per heavy atom. The van der Waals surface area contributed by atoms with Crippen molar-refractivity contribution in [3.8, 4) is 0 Å². The number of nitro benzene ring substituents is 1. The molecule has 1 aliphatic rings. The number of carbonyl (C=O) groups excluding carboxylic acids is 1. The standard InChI is InChI=1S/C18H18BrN3O5S/c1-13-16(6-3-7-17(13)22(24)25)18(23)20-8-10-21(11-9-20)28(26,27)15-5-2-4-14(19)12-15/h2-7,12H,8-11H2,1H3. The summed E-state index contributed by atoms with van der Waals surface area (Å²) in [4.78, 5) is 25.1. The summed E-state index contributed by atoms with van der Waals surface area (Å²) in [5.41, 5.74) is 0.459. The lowest BCUT2D eigenvalue weighted by atomic mass is 10.1. The molecule has 148 valence electrons. The van der Waals surface area contributed by atoms with Gasteiger partial charge in [-0.2, -0.15) is 4.31 Å². The summed E-state index contributed by atoms with van der Waals surface area (Å²) >= 11 is 3.27. The van der Waals surface area contributed by atoms with E-state index in [0.717, 1.165) is 0 Å². The zero-order chi connectivity index (χ0) is 20.5. The maximum Gasteiger partial charge on any atom is 0.273 e. The number of nitro groups is 1. The average Bonchev–Trinajstić information content (AvgIpc) is 2.67. The third kappa shape index (κ3) is 3.94. The van der Waals surface area contributed by atoms with Gasteiger partial charge in [0.2, 0.25) is 10.0 Å². The van der Waals surface area contributed by atoms with Crippen LogP contribution in [0.1, 0.15) is 15.9 Å². The number of piperazine rings is 1. The SMILES string of the molecule is Cc1c(C(=O)N2CCN(S(=O)(=O)c3cccc(Br)c3)CC2)cccc1[N+](=O)[O-]. The van der Waals surface area contributed by atoms with Crippen molar-refractivity contribution in [3.05, 3.63) is 68.2 Å². The van der Waals surface area contributed by atoms with Gasteiger partial charge in [-0.1, -0.05) is 28.1 Å². The molecule has 1 fully saturated rings. The van der Waals surface area contributed by atoms with Gasteiger partial charge < -0.3 is 4.90 Å². The Balaban J connectivity index is 1.75. The van der Waals surface area contributed by atoms with Crippen molar-refractivity contribution in [1.29, 1.82) is 0 Å². The number of amides is 1. The summed E-state index contributed by atoms with van der Waals surface area (Å²) in [6, 6.07) is 10.9. The van der Waals surface area contributed by atoms with Crippen molar-refractivity contribution < 1.29 is 18.1 Å². The predicted octanol–water partition coefficient (Wildman–Crippen LogP) is 2.81. The molecule has 0 unspecified atom stereocenters. The first-order valence-corrected chi connectivity index (χ1v) is 10.7. The molecule has 3 rings (SSSR count). The Bertz CT molecular complexity index is 1030. The van der Waals surface area contributed by atoms with Gasteiger partial charge in [0.05, 0.1) is 9.82 Å². The zero-order valence-electron chi connectivity index (χ0n) is 15.0. The third-order valence-corrected chi connectivity index (χ3v) is 7.08. The number of halogens is 1. The third-order valence-electron chi connectivity index (χ3n) is 4.69. The molecular weight excluding hydrogens is 450 g/mol. The van der Waals surface area contributed by atoms with E-state index in [1.165, 1.54) is 27.4 Å². The van der Waals surface area contributed by atoms with Crippen molar-refractivity contribution >= 4 is 37.5 Å². The normalized spacial score (nSPS) is 15.4. The van der Waals surface area contributed by atoms with E-state index in [0.29, 0.717) is 10.0 Å². The van der Waals surface area contributed by atoms with Gasteiger partial charge in [-0.25, -0.2) is 8.42 Å². The van der Waals surface area contributed by atoms with Crippen LogP contribution in [0.4, 0.5) is 5.69 Å². The minimum Gasteiger partial charge on any atom is -0.336 e. The highest BCUT2D eigenvalue weighted by molar-refractivity contribution is 9.10. The second kappa shape index (κ2) is 7.98. The number of hydrogen-bond donors (Lipinski definition) is 0.